The molecule has 0 aromatic heterocycles. The molecule has 1 aliphatic rings. The van der Waals surface area contributed by atoms with Crippen LogP contribution in [-0.2, 0) is 14.3 Å². The molecule has 5 nitrogen and oxygen atoms in total. The number of hydrogen-bond acceptors (Lipinski definition) is 4. The van der Waals surface area contributed by atoms with Crippen molar-refractivity contribution in [2.45, 2.75) is 45.4 Å². The Labute approximate surface area is 115 Å². The molecule has 0 bridgehead atoms. The molecule has 0 spiro atoms. The Morgan fingerprint density at radius 3 is 2.79 bits per heavy atom. The lowest BCUT2D eigenvalue weighted by Crippen LogP contribution is -2.42. The van der Waals surface area contributed by atoms with Crippen molar-refractivity contribution >= 4 is 11.9 Å². The summed E-state index contributed by atoms with van der Waals surface area (Å²) >= 11 is 0. The number of carbonyl (C=O) groups excluding carboxylic acids is 2. The van der Waals surface area contributed by atoms with Gasteiger partial charge in [0.25, 0.3) is 0 Å². The summed E-state index contributed by atoms with van der Waals surface area (Å²) < 4.78 is 5.03. The standard InChI is InChI=1S/C14H26N2O3/c1-2-19-14(18)12-7-6-10-16(11-12)13(17)8-4-3-5-9-15/h12H,2-11,15H2,1H3. The first kappa shape index (κ1) is 16.0. The monoisotopic (exact) mass is 270 g/mol. The van der Waals surface area contributed by atoms with E-state index in [1.807, 2.05) is 4.90 Å². The van der Waals surface area contributed by atoms with E-state index < -0.39 is 0 Å². The Kier molecular flexibility index (Phi) is 7.48. The Morgan fingerprint density at radius 1 is 1.32 bits per heavy atom. The van der Waals surface area contributed by atoms with Crippen LogP contribution < -0.4 is 5.73 Å². The summed E-state index contributed by atoms with van der Waals surface area (Å²) in [5.74, 6) is -0.143. The summed E-state index contributed by atoms with van der Waals surface area (Å²) in [4.78, 5) is 25.5. The number of carbonyl (C=O) groups is 2. The Hall–Kier alpha value is -1.10. The molecule has 19 heavy (non-hydrogen) atoms. The molecule has 1 amide bonds. The van der Waals surface area contributed by atoms with Gasteiger partial charge in [-0.05, 0) is 39.2 Å². The fraction of sp³-hybridized carbons (Fsp3) is 0.857. The van der Waals surface area contributed by atoms with Crippen molar-refractivity contribution in [1.82, 2.24) is 4.90 Å². The van der Waals surface area contributed by atoms with E-state index in [-0.39, 0.29) is 17.8 Å². The van der Waals surface area contributed by atoms with Gasteiger partial charge in [0, 0.05) is 19.5 Å². The minimum atomic E-state index is -0.164. The van der Waals surface area contributed by atoms with E-state index in [4.69, 9.17) is 10.5 Å². The lowest BCUT2D eigenvalue weighted by atomic mass is 9.97. The summed E-state index contributed by atoms with van der Waals surface area (Å²) in [6.45, 7) is 4.19. The molecule has 0 aromatic rings. The largest absolute Gasteiger partial charge is 0.466 e. The maximum Gasteiger partial charge on any atom is 0.310 e. The highest BCUT2D eigenvalue weighted by Crippen LogP contribution is 2.19. The van der Waals surface area contributed by atoms with Gasteiger partial charge in [-0.3, -0.25) is 9.59 Å². The molecular weight excluding hydrogens is 244 g/mol. The number of ether oxygens (including phenoxy) is 1. The molecule has 1 fully saturated rings. The first-order valence-corrected chi connectivity index (χ1v) is 7.33. The van der Waals surface area contributed by atoms with E-state index in [1.54, 1.807) is 6.92 Å². The second kappa shape index (κ2) is 8.91. The maximum atomic E-state index is 12.0. The van der Waals surface area contributed by atoms with E-state index in [9.17, 15) is 9.59 Å². The average Bonchev–Trinajstić information content (AvgIpc) is 2.44. The third-order valence-electron chi connectivity index (χ3n) is 3.49. The van der Waals surface area contributed by atoms with Gasteiger partial charge in [0.15, 0.2) is 0 Å². The van der Waals surface area contributed by atoms with Crippen LogP contribution in [-0.4, -0.2) is 43.0 Å². The van der Waals surface area contributed by atoms with E-state index in [0.717, 1.165) is 38.6 Å². The SMILES string of the molecule is CCOC(=O)C1CCCN(C(=O)CCCCCN)C1. The smallest absolute Gasteiger partial charge is 0.310 e. The van der Waals surface area contributed by atoms with Gasteiger partial charge in [0.2, 0.25) is 5.91 Å². The highest BCUT2D eigenvalue weighted by atomic mass is 16.5. The molecule has 2 N–H and O–H groups in total. The summed E-state index contributed by atoms with van der Waals surface area (Å²) in [6, 6.07) is 0. The van der Waals surface area contributed by atoms with Crippen molar-refractivity contribution < 1.29 is 14.3 Å². The average molecular weight is 270 g/mol. The van der Waals surface area contributed by atoms with E-state index in [0.29, 0.717) is 26.1 Å². The van der Waals surface area contributed by atoms with Gasteiger partial charge >= 0.3 is 5.97 Å². The van der Waals surface area contributed by atoms with Gasteiger partial charge in [-0.25, -0.2) is 0 Å². The third-order valence-corrected chi connectivity index (χ3v) is 3.49. The molecule has 1 aliphatic heterocycles. The van der Waals surface area contributed by atoms with Crippen molar-refractivity contribution in [2.75, 3.05) is 26.2 Å². The number of amides is 1. The van der Waals surface area contributed by atoms with Gasteiger partial charge in [0.05, 0.1) is 12.5 Å². The minimum absolute atomic E-state index is 0.137. The summed E-state index contributed by atoms with van der Waals surface area (Å²) in [6.07, 6.45) is 5.13. The van der Waals surface area contributed by atoms with Crippen molar-refractivity contribution in [2.24, 2.45) is 11.7 Å². The fourth-order valence-corrected chi connectivity index (χ4v) is 2.41. The molecule has 0 aliphatic carbocycles. The van der Waals surface area contributed by atoms with Crippen LogP contribution in [0.3, 0.4) is 0 Å². The van der Waals surface area contributed by atoms with Crippen molar-refractivity contribution in [3.63, 3.8) is 0 Å². The molecule has 1 unspecified atom stereocenters. The predicted octanol–water partition coefficient (Wildman–Crippen LogP) is 1.31. The van der Waals surface area contributed by atoms with Gasteiger partial charge in [0.1, 0.15) is 0 Å². The van der Waals surface area contributed by atoms with Gasteiger partial charge in [-0.2, -0.15) is 0 Å². The van der Waals surface area contributed by atoms with Crippen LogP contribution in [0.15, 0.2) is 0 Å². The molecular formula is C14H26N2O3. The van der Waals surface area contributed by atoms with Crippen LogP contribution in [0.25, 0.3) is 0 Å². The lowest BCUT2D eigenvalue weighted by Gasteiger charge is -2.31. The van der Waals surface area contributed by atoms with Gasteiger partial charge < -0.3 is 15.4 Å². The fourth-order valence-electron chi connectivity index (χ4n) is 2.41. The first-order chi connectivity index (χ1) is 9.19. The first-order valence-electron chi connectivity index (χ1n) is 7.33. The number of rotatable bonds is 7. The van der Waals surface area contributed by atoms with E-state index in [2.05, 4.69) is 0 Å². The second-order valence-electron chi connectivity index (χ2n) is 5.03. The third kappa shape index (κ3) is 5.59. The molecule has 1 rings (SSSR count). The van der Waals surface area contributed by atoms with Crippen molar-refractivity contribution in [3.8, 4) is 0 Å². The van der Waals surface area contributed by atoms with Crippen LogP contribution >= 0.6 is 0 Å². The number of likely N-dealkylation sites (tertiary alicyclic amines) is 1. The molecule has 1 heterocycles. The number of unbranched alkanes of at least 4 members (excludes halogenated alkanes) is 2. The molecule has 5 heteroatoms. The quantitative estimate of drug-likeness (QED) is 0.559. The number of nitrogens with zero attached hydrogens (tertiary/aromatic N) is 1. The summed E-state index contributed by atoms with van der Waals surface area (Å²) in [5, 5.41) is 0. The van der Waals surface area contributed by atoms with Crippen LogP contribution in [0.4, 0.5) is 0 Å². The number of esters is 1. The highest BCUT2D eigenvalue weighted by molar-refractivity contribution is 5.78. The molecule has 0 saturated carbocycles. The predicted molar refractivity (Wildman–Crippen MR) is 73.5 cm³/mol. The maximum absolute atomic E-state index is 12.0. The van der Waals surface area contributed by atoms with Gasteiger partial charge in [-0.15, -0.1) is 0 Å². The normalized spacial score (nSPS) is 19.3. The van der Waals surface area contributed by atoms with Crippen LogP contribution in [0.1, 0.15) is 45.4 Å². The zero-order valence-electron chi connectivity index (χ0n) is 11.9. The molecule has 1 saturated heterocycles. The van der Waals surface area contributed by atoms with Gasteiger partial charge in [-0.1, -0.05) is 6.42 Å². The lowest BCUT2D eigenvalue weighted by molar-refractivity contribution is -0.151. The molecule has 110 valence electrons. The van der Waals surface area contributed by atoms with Crippen LogP contribution in [0, 0.1) is 5.92 Å². The molecule has 0 aromatic carbocycles. The van der Waals surface area contributed by atoms with Crippen LogP contribution in [0.2, 0.25) is 0 Å². The van der Waals surface area contributed by atoms with Crippen molar-refractivity contribution in [1.29, 1.82) is 0 Å². The van der Waals surface area contributed by atoms with E-state index in [1.165, 1.54) is 0 Å². The Morgan fingerprint density at radius 2 is 2.11 bits per heavy atom. The summed E-state index contributed by atoms with van der Waals surface area (Å²) in [5.41, 5.74) is 5.42. The summed E-state index contributed by atoms with van der Waals surface area (Å²) in [7, 11) is 0. The highest BCUT2D eigenvalue weighted by Gasteiger charge is 2.28. The number of piperidine rings is 1. The molecule has 0 radical (unpaired) electrons. The number of hydrogen-bond donors (Lipinski definition) is 1. The second-order valence-corrected chi connectivity index (χ2v) is 5.03. The zero-order chi connectivity index (χ0) is 14.1. The Balaban J connectivity index is 2.32. The molecule has 1 atom stereocenters. The van der Waals surface area contributed by atoms with E-state index >= 15 is 0 Å². The topological polar surface area (TPSA) is 72.6 Å². The Bertz CT molecular complexity index is 294. The zero-order valence-corrected chi connectivity index (χ0v) is 11.9. The van der Waals surface area contributed by atoms with Crippen molar-refractivity contribution in [3.05, 3.63) is 0 Å². The number of nitrogens with two attached hydrogens (primary N) is 1. The minimum Gasteiger partial charge on any atom is -0.466 e. The van der Waals surface area contributed by atoms with Crippen LogP contribution in [0.5, 0.6) is 0 Å².